The van der Waals surface area contributed by atoms with Crippen LogP contribution < -0.4 is 0 Å². The van der Waals surface area contributed by atoms with Gasteiger partial charge in [0.1, 0.15) is 0 Å². The number of halogens is 1. The van der Waals surface area contributed by atoms with Crippen LogP contribution in [0, 0.1) is 0 Å². The Morgan fingerprint density at radius 1 is 0.939 bits per heavy atom. The van der Waals surface area contributed by atoms with E-state index in [1.807, 2.05) is 54.6 Å². The highest BCUT2D eigenvalue weighted by atomic mass is 35.5. The number of likely N-dealkylation sites (tertiary alicyclic amines) is 1. The van der Waals surface area contributed by atoms with Gasteiger partial charge in [0.05, 0.1) is 5.92 Å². The van der Waals surface area contributed by atoms with E-state index >= 15 is 0 Å². The Hall–Kier alpha value is -3.11. The van der Waals surface area contributed by atoms with Crippen molar-refractivity contribution in [3.63, 3.8) is 0 Å². The van der Waals surface area contributed by atoms with Gasteiger partial charge in [0.2, 0.25) is 0 Å². The number of hydrogen-bond donors (Lipinski definition) is 0. The minimum Gasteiger partial charge on any atom is -0.455 e. The molecule has 33 heavy (non-hydrogen) atoms. The van der Waals surface area contributed by atoms with Crippen LogP contribution in [0.2, 0.25) is 5.02 Å². The smallest absolute Gasteiger partial charge is 0.313 e. The Morgan fingerprint density at radius 2 is 1.58 bits per heavy atom. The van der Waals surface area contributed by atoms with Gasteiger partial charge >= 0.3 is 5.97 Å². The van der Waals surface area contributed by atoms with Crippen LogP contribution in [-0.2, 0) is 14.3 Å². The molecule has 0 saturated carbocycles. The molecule has 0 radical (unpaired) electrons. The molecule has 1 fully saturated rings. The van der Waals surface area contributed by atoms with E-state index in [1.54, 1.807) is 11.8 Å². The summed E-state index contributed by atoms with van der Waals surface area (Å²) in [5.41, 5.74) is 4.10. The zero-order chi connectivity index (χ0) is 23.2. The molecule has 1 amide bonds. The molecule has 1 aliphatic heterocycles. The molecule has 5 heteroatoms. The predicted octanol–water partition coefficient (Wildman–Crippen LogP) is 6.06. The number of hydrogen-bond acceptors (Lipinski definition) is 3. The van der Waals surface area contributed by atoms with Crippen molar-refractivity contribution in [3.05, 3.63) is 95.0 Å². The highest BCUT2D eigenvalue weighted by Gasteiger charge is 2.25. The van der Waals surface area contributed by atoms with Gasteiger partial charge < -0.3 is 9.64 Å². The summed E-state index contributed by atoms with van der Waals surface area (Å²) < 4.78 is 5.37. The first-order valence-electron chi connectivity index (χ1n) is 11.4. The summed E-state index contributed by atoms with van der Waals surface area (Å²) in [5, 5.41) is 0.684. The fourth-order valence-electron chi connectivity index (χ4n) is 4.32. The van der Waals surface area contributed by atoms with Gasteiger partial charge in [-0.3, -0.25) is 9.59 Å². The van der Waals surface area contributed by atoms with Crippen molar-refractivity contribution in [2.24, 2.45) is 0 Å². The highest BCUT2D eigenvalue weighted by Crippen LogP contribution is 2.30. The van der Waals surface area contributed by atoms with Crippen molar-refractivity contribution in [2.45, 2.75) is 31.6 Å². The Labute approximate surface area is 200 Å². The van der Waals surface area contributed by atoms with Crippen molar-refractivity contribution in [3.8, 4) is 11.1 Å². The first-order chi connectivity index (χ1) is 16.0. The van der Waals surface area contributed by atoms with Crippen LogP contribution in [0.25, 0.3) is 11.1 Å². The lowest BCUT2D eigenvalue weighted by atomic mass is 9.89. The summed E-state index contributed by atoms with van der Waals surface area (Å²) in [5.74, 6) is -0.502. The van der Waals surface area contributed by atoms with E-state index < -0.39 is 11.9 Å². The van der Waals surface area contributed by atoms with Gasteiger partial charge in [-0.1, -0.05) is 84.4 Å². The average Bonchev–Trinajstić information content (AvgIpc) is 2.87. The molecule has 1 unspecified atom stereocenters. The molecule has 3 aromatic rings. The summed E-state index contributed by atoms with van der Waals surface area (Å²) in [6.45, 7) is 2.96. The van der Waals surface area contributed by atoms with Crippen LogP contribution in [0.15, 0.2) is 78.9 Å². The first-order valence-corrected chi connectivity index (χ1v) is 11.7. The number of rotatable bonds is 6. The second-order valence-electron chi connectivity index (χ2n) is 8.50. The fourth-order valence-corrected chi connectivity index (χ4v) is 4.56. The van der Waals surface area contributed by atoms with E-state index in [2.05, 4.69) is 24.3 Å². The number of ether oxygens (including phenoxy) is 1. The molecule has 1 aliphatic rings. The minimum absolute atomic E-state index is 0.129. The fraction of sp³-hybridized carbons (Fsp3) is 0.286. The molecule has 0 bridgehead atoms. The van der Waals surface area contributed by atoms with Crippen molar-refractivity contribution < 1.29 is 14.3 Å². The molecule has 170 valence electrons. The molecule has 0 aliphatic carbocycles. The average molecular weight is 462 g/mol. The monoisotopic (exact) mass is 461 g/mol. The lowest BCUT2D eigenvalue weighted by Crippen LogP contribution is -2.40. The second-order valence-corrected chi connectivity index (χ2v) is 8.90. The molecule has 1 atom stereocenters. The van der Waals surface area contributed by atoms with E-state index in [-0.39, 0.29) is 12.5 Å². The predicted molar refractivity (Wildman–Crippen MR) is 131 cm³/mol. The molecule has 1 saturated heterocycles. The standard InChI is InChI=1S/C28H28ClNO3/c1-20(21-11-13-24(14-12-21)25-9-5-6-10-26(25)29)28(32)33-19-27(31)30-17-15-23(16-18-30)22-7-3-2-4-8-22/h2-14,20,23H,15-19H2,1H3. The number of piperidine rings is 1. The van der Waals surface area contributed by atoms with Crippen LogP contribution in [0.5, 0.6) is 0 Å². The summed E-state index contributed by atoms with van der Waals surface area (Å²) in [6, 6.07) is 25.8. The quantitative estimate of drug-likeness (QED) is 0.419. The Morgan fingerprint density at radius 3 is 2.24 bits per heavy atom. The molecule has 4 nitrogen and oxygen atoms in total. The Balaban J connectivity index is 1.27. The number of esters is 1. The molecule has 0 aromatic heterocycles. The summed E-state index contributed by atoms with van der Waals surface area (Å²) >= 11 is 6.28. The van der Waals surface area contributed by atoms with E-state index in [1.165, 1.54) is 5.56 Å². The number of carbonyl (C=O) groups excluding carboxylic acids is 2. The van der Waals surface area contributed by atoms with Crippen LogP contribution in [0.4, 0.5) is 0 Å². The normalized spacial score (nSPS) is 15.2. The summed E-state index contributed by atoms with van der Waals surface area (Å²) in [4.78, 5) is 26.9. The molecule has 0 N–H and O–H groups in total. The molecule has 4 rings (SSSR count). The highest BCUT2D eigenvalue weighted by molar-refractivity contribution is 6.33. The SMILES string of the molecule is CC(C(=O)OCC(=O)N1CCC(c2ccccc2)CC1)c1ccc(-c2ccccc2Cl)cc1. The number of amides is 1. The molecule has 3 aromatic carbocycles. The lowest BCUT2D eigenvalue weighted by molar-refractivity contribution is -0.153. The molecular weight excluding hydrogens is 434 g/mol. The number of carbonyl (C=O) groups is 2. The van der Waals surface area contributed by atoms with E-state index in [0.717, 1.165) is 29.5 Å². The van der Waals surface area contributed by atoms with Crippen LogP contribution in [0.3, 0.4) is 0 Å². The largest absolute Gasteiger partial charge is 0.455 e. The van der Waals surface area contributed by atoms with E-state index in [4.69, 9.17) is 16.3 Å². The Bertz CT molecular complexity index is 1090. The second kappa shape index (κ2) is 10.7. The maximum absolute atomic E-state index is 12.6. The lowest BCUT2D eigenvalue weighted by Gasteiger charge is -2.32. The van der Waals surface area contributed by atoms with Gasteiger partial charge in [-0.05, 0) is 48.4 Å². The number of benzene rings is 3. The third-order valence-corrected chi connectivity index (χ3v) is 6.74. The van der Waals surface area contributed by atoms with Crippen molar-refractivity contribution >= 4 is 23.5 Å². The van der Waals surface area contributed by atoms with Gasteiger partial charge in [-0.15, -0.1) is 0 Å². The zero-order valence-electron chi connectivity index (χ0n) is 18.7. The number of nitrogens with zero attached hydrogens (tertiary/aromatic N) is 1. The van der Waals surface area contributed by atoms with Gasteiger partial charge in [-0.2, -0.15) is 0 Å². The Kier molecular flexibility index (Phi) is 7.46. The first kappa shape index (κ1) is 23.1. The zero-order valence-corrected chi connectivity index (χ0v) is 19.5. The van der Waals surface area contributed by atoms with Crippen LogP contribution in [-0.4, -0.2) is 36.5 Å². The minimum atomic E-state index is -0.457. The van der Waals surface area contributed by atoms with Gasteiger partial charge in [0, 0.05) is 23.7 Å². The van der Waals surface area contributed by atoms with Crippen molar-refractivity contribution in [2.75, 3.05) is 19.7 Å². The molecule has 0 spiro atoms. The van der Waals surface area contributed by atoms with Crippen molar-refractivity contribution in [1.82, 2.24) is 4.90 Å². The van der Waals surface area contributed by atoms with Gasteiger partial charge in [0.15, 0.2) is 6.61 Å². The summed E-state index contributed by atoms with van der Waals surface area (Å²) in [6.07, 6.45) is 1.86. The third-order valence-electron chi connectivity index (χ3n) is 6.41. The van der Waals surface area contributed by atoms with E-state index in [9.17, 15) is 9.59 Å². The van der Waals surface area contributed by atoms with Crippen LogP contribution >= 0.6 is 11.6 Å². The van der Waals surface area contributed by atoms with Gasteiger partial charge in [0.25, 0.3) is 5.91 Å². The maximum atomic E-state index is 12.6. The molecular formula is C28H28ClNO3. The summed E-state index contributed by atoms with van der Waals surface area (Å²) in [7, 11) is 0. The van der Waals surface area contributed by atoms with Gasteiger partial charge in [-0.25, -0.2) is 0 Å². The topological polar surface area (TPSA) is 46.6 Å². The van der Waals surface area contributed by atoms with E-state index in [0.29, 0.717) is 24.0 Å². The van der Waals surface area contributed by atoms with Crippen molar-refractivity contribution in [1.29, 1.82) is 0 Å². The third kappa shape index (κ3) is 5.63. The maximum Gasteiger partial charge on any atom is 0.313 e. The molecule has 1 heterocycles. The van der Waals surface area contributed by atoms with Crippen LogP contribution in [0.1, 0.15) is 42.7 Å².